The van der Waals surface area contributed by atoms with Crippen molar-refractivity contribution in [3.05, 3.63) is 91.3 Å². The molecule has 1 amide bonds. The van der Waals surface area contributed by atoms with Crippen molar-refractivity contribution in [3.63, 3.8) is 0 Å². The number of fused-ring (bicyclic) bond motifs is 1. The van der Waals surface area contributed by atoms with E-state index in [9.17, 15) is 4.79 Å². The van der Waals surface area contributed by atoms with Gasteiger partial charge in [-0.15, -0.1) is 0 Å². The summed E-state index contributed by atoms with van der Waals surface area (Å²) in [5.41, 5.74) is 4.68. The lowest BCUT2D eigenvalue weighted by atomic mass is 10.1. The highest BCUT2D eigenvalue weighted by Gasteiger charge is 2.24. The van der Waals surface area contributed by atoms with E-state index in [0.717, 1.165) is 40.4 Å². The molecule has 0 bridgehead atoms. The van der Waals surface area contributed by atoms with Crippen molar-refractivity contribution in [1.29, 1.82) is 0 Å². The van der Waals surface area contributed by atoms with Crippen LogP contribution in [0.15, 0.2) is 85.6 Å². The molecule has 1 unspecified atom stereocenters. The molecule has 184 valence electrons. The number of amides is 1. The third kappa shape index (κ3) is 4.64. The van der Waals surface area contributed by atoms with E-state index < -0.39 is 0 Å². The Kier molecular flexibility index (Phi) is 6.03. The maximum Gasteiger partial charge on any atom is 0.275 e. The lowest BCUT2D eigenvalue weighted by molar-refractivity contribution is 0.0986. The quantitative estimate of drug-likeness (QED) is 0.391. The lowest BCUT2D eigenvalue weighted by Gasteiger charge is -2.34. The summed E-state index contributed by atoms with van der Waals surface area (Å²) in [4.78, 5) is 33.3. The van der Waals surface area contributed by atoms with E-state index in [0.29, 0.717) is 24.7 Å². The number of benzene rings is 1. The second-order valence-electron chi connectivity index (χ2n) is 8.91. The van der Waals surface area contributed by atoms with Crippen LogP contribution < -0.4 is 10.2 Å². The van der Waals surface area contributed by atoms with E-state index >= 15 is 0 Å². The van der Waals surface area contributed by atoms with Crippen LogP contribution in [0.4, 0.5) is 11.6 Å². The molecule has 6 rings (SSSR count). The van der Waals surface area contributed by atoms with E-state index in [1.165, 1.54) is 0 Å². The average molecular weight is 492 g/mol. The number of imidazole rings is 1. The summed E-state index contributed by atoms with van der Waals surface area (Å²) in [5, 5.41) is 2.84. The van der Waals surface area contributed by atoms with E-state index in [4.69, 9.17) is 9.72 Å². The van der Waals surface area contributed by atoms with Gasteiger partial charge < -0.3 is 19.4 Å². The van der Waals surface area contributed by atoms with Crippen LogP contribution in [0.5, 0.6) is 0 Å². The first kappa shape index (κ1) is 22.8. The highest BCUT2D eigenvalue weighted by Crippen LogP contribution is 2.27. The smallest absolute Gasteiger partial charge is 0.275 e. The summed E-state index contributed by atoms with van der Waals surface area (Å²) >= 11 is 0. The van der Waals surface area contributed by atoms with Crippen LogP contribution >= 0.6 is 0 Å². The lowest BCUT2D eigenvalue weighted by Crippen LogP contribution is -2.44. The van der Waals surface area contributed by atoms with Gasteiger partial charge in [0.1, 0.15) is 11.5 Å². The second kappa shape index (κ2) is 9.79. The van der Waals surface area contributed by atoms with E-state index in [1.807, 2.05) is 59.3 Å². The number of aromatic nitrogens is 5. The molecular formula is C28H25N7O2. The number of hydrogen-bond donors (Lipinski definition) is 1. The molecule has 1 saturated heterocycles. The summed E-state index contributed by atoms with van der Waals surface area (Å²) in [6, 6.07) is 17.4. The molecule has 4 aromatic heterocycles. The van der Waals surface area contributed by atoms with Crippen molar-refractivity contribution in [2.45, 2.75) is 13.0 Å². The zero-order chi connectivity index (χ0) is 25.2. The monoisotopic (exact) mass is 491 g/mol. The number of anilines is 2. The SMILES string of the molecule is CC1COCCN1c1nc(-c2ccc(NC(=O)c3cc(-c4ccccc4)ccn3)nc2)cn2ccnc12. The number of nitrogens with zero attached hydrogens (tertiary/aromatic N) is 6. The standard InChI is InChI=1S/C28H25N7O2/c1-19-18-37-14-13-35(19)27-26-30-11-12-34(26)17-24(32-27)22-7-8-25(31-16-22)33-28(36)23-15-21(9-10-29-23)20-5-3-2-4-6-20/h2-12,15-17,19H,13-14,18H2,1H3,(H,31,33,36). The van der Waals surface area contributed by atoms with Crippen molar-refractivity contribution in [3.8, 4) is 22.4 Å². The van der Waals surface area contributed by atoms with E-state index in [2.05, 4.69) is 32.1 Å². The summed E-state index contributed by atoms with van der Waals surface area (Å²) in [5.74, 6) is 0.936. The maximum absolute atomic E-state index is 12.9. The van der Waals surface area contributed by atoms with E-state index in [1.54, 1.807) is 30.7 Å². The molecule has 5 aromatic rings. The van der Waals surface area contributed by atoms with Crippen LogP contribution in [0.3, 0.4) is 0 Å². The van der Waals surface area contributed by atoms with Gasteiger partial charge in [0.05, 0.1) is 24.9 Å². The second-order valence-corrected chi connectivity index (χ2v) is 8.91. The number of hydrogen-bond acceptors (Lipinski definition) is 7. The van der Waals surface area contributed by atoms with Gasteiger partial charge >= 0.3 is 0 Å². The van der Waals surface area contributed by atoms with Gasteiger partial charge in [-0.2, -0.15) is 0 Å². The Morgan fingerprint density at radius 2 is 1.89 bits per heavy atom. The summed E-state index contributed by atoms with van der Waals surface area (Å²) < 4.78 is 7.58. The van der Waals surface area contributed by atoms with Crippen molar-refractivity contribution < 1.29 is 9.53 Å². The molecule has 1 fully saturated rings. The highest BCUT2D eigenvalue weighted by molar-refractivity contribution is 6.03. The molecule has 1 aromatic carbocycles. The van der Waals surface area contributed by atoms with Gasteiger partial charge in [0.2, 0.25) is 0 Å². The fraction of sp³-hybridized carbons (Fsp3) is 0.179. The Balaban J connectivity index is 1.24. The third-order valence-electron chi connectivity index (χ3n) is 6.40. The molecule has 37 heavy (non-hydrogen) atoms. The molecule has 0 saturated carbocycles. The predicted octanol–water partition coefficient (Wildman–Crippen LogP) is 4.33. The van der Waals surface area contributed by atoms with E-state index in [-0.39, 0.29) is 11.9 Å². The number of morpholine rings is 1. The number of pyridine rings is 2. The van der Waals surface area contributed by atoms with Gasteiger partial charge in [-0.3, -0.25) is 9.78 Å². The summed E-state index contributed by atoms with van der Waals surface area (Å²) in [6.45, 7) is 4.18. The first-order valence-electron chi connectivity index (χ1n) is 12.1. The summed E-state index contributed by atoms with van der Waals surface area (Å²) in [6.07, 6.45) is 8.96. The Bertz CT molecular complexity index is 1550. The Morgan fingerprint density at radius 3 is 2.70 bits per heavy atom. The Morgan fingerprint density at radius 1 is 1.00 bits per heavy atom. The molecule has 9 heteroatoms. The Hall–Kier alpha value is -4.63. The van der Waals surface area contributed by atoms with Gasteiger partial charge in [-0.25, -0.2) is 15.0 Å². The molecule has 9 nitrogen and oxygen atoms in total. The third-order valence-corrected chi connectivity index (χ3v) is 6.40. The molecule has 1 aliphatic rings. The minimum atomic E-state index is -0.320. The van der Waals surface area contributed by atoms with Crippen molar-refractivity contribution in [1.82, 2.24) is 24.3 Å². The average Bonchev–Trinajstić information content (AvgIpc) is 3.43. The first-order chi connectivity index (χ1) is 18.2. The van der Waals surface area contributed by atoms with Gasteiger partial charge in [0.15, 0.2) is 11.5 Å². The van der Waals surface area contributed by atoms with Crippen LogP contribution in [0, 0.1) is 0 Å². The fourth-order valence-corrected chi connectivity index (χ4v) is 4.45. The number of rotatable bonds is 5. The molecular weight excluding hydrogens is 466 g/mol. The van der Waals surface area contributed by atoms with Crippen LogP contribution in [-0.2, 0) is 4.74 Å². The van der Waals surface area contributed by atoms with Gasteiger partial charge in [0.25, 0.3) is 5.91 Å². The van der Waals surface area contributed by atoms with Crippen LogP contribution in [0.2, 0.25) is 0 Å². The topological polar surface area (TPSA) is 97.5 Å². The molecule has 1 N–H and O–H groups in total. The fourth-order valence-electron chi connectivity index (χ4n) is 4.45. The minimum Gasteiger partial charge on any atom is -0.377 e. The Labute approximate surface area is 213 Å². The zero-order valence-electron chi connectivity index (χ0n) is 20.3. The molecule has 0 spiro atoms. The van der Waals surface area contributed by atoms with Crippen molar-refractivity contribution in [2.75, 3.05) is 30.0 Å². The number of nitrogens with one attached hydrogen (secondary N) is 1. The van der Waals surface area contributed by atoms with Crippen LogP contribution in [0.1, 0.15) is 17.4 Å². The molecule has 0 aliphatic carbocycles. The minimum absolute atomic E-state index is 0.196. The van der Waals surface area contributed by atoms with Crippen molar-refractivity contribution in [2.24, 2.45) is 0 Å². The van der Waals surface area contributed by atoms with Gasteiger partial charge in [0, 0.05) is 43.1 Å². The maximum atomic E-state index is 12.9. The molecule has 0 radical (unpaired) electrons. The van der Waals surface area contributed by atoms with Gasteiger partial charge in [-0.1, -0.05) is 30.3 Å². The normalized spacial score (nSPS) is 15.6. The molecule has 1 aliphatic heterocycles. The number of carbonyl (C=O) groups is 1. The predicted molar refractivity (Wildman–Crippen MR) is 141 cm³/mol. The highest BCUT2D eigenvalue weighted by atomic mass is 16.5. The molecule has 1 atom stereocenters. The number of ether oxygens (including phenoxy) is 1. The zero-order valence-corrected chi connectivity index (χ0v) is 20.3. The van der Waals surface area contributed by atoms with Crippen LogP contribution in [0.25, 0.3) is 28.0 Å². The van der Waals surface area contributed by atoms with Crippen LogP contribution in [-0.4, -0.2) is 56.0 Å². The first-order valence-corrected chi connectivity index (χ1v) is 12.1. The molecule has 5 heterocycles. The largest absolute Gasteiger partial charge is 0.377 e. The number of carbonyl (C=O) groups excluding carboxylic acids is 1. The van der Waals surface area contributed by atoms with Gasteiger partial charge in [-0.05, 0) is 42.3 Å². The van der Waals surface area contributed by atoms with Crippen molar-refractivity contribution >= 4 is 23.2 Å². The summed E-state index contributed by atoms with van der Waals surface area (Å²) in [7, 11) is 0.